The molecule has 0 aliphatic carbocycles. The van der Waals surface area contributed by atoms with Crippen LogP contribution in [0.25, 0.3) is 10.2 Å². The average molecular weight is 329 g/mol. The number of nitrogens with two attached hydrogens (primary N) is 1. The molecule has 0 spiro atoms. The summed E-state index contributed by atoms with van der Waals surface area (Å²) < 4.78 is 1.85. The van der Waals surface area contributed by atoms with E-state index in [1.807, 2.05) is 29.6 Å². The molecule has 2 atom stereocenters. The van der Waals surface area contributed by atoms with Crippen molar-refractivity contribution in [3.05, 3.63) is 16.6 Å². The van der Waals surface area contributed by atoms with Crippen LogP contribution in [0.1, 0.15) is 28.7 Å². The maximum atomic E-state index is 12.7. The first kappa shape index (κ1) is 16.3. The standard InChI is InChI=1S/C14H20N4OS.ClH/c1-8-4-10(6-15)7-18(8)13(19)12-5-11-9(2)16-17(3)14(11)20-12;/h5,8,10H,4,6-7,15H2,1-3H3;1H. The molecule has 3 heterocycles. The van der Waals surface area contributed by atoms with Crippen molar-refractivity contribution in [2.45, 2.75) is 26.3 Å². The van der Waals surface area contributed by atoms with E-state index < -0.39 is 0 Å². The summed E-state index contributed by atoms with van der Waals surface area (Å²) in [5.74, 6) is 0.570. The number of aryl methyl sites for hydroxylation is 2. The van der Waals surface area contributed by atoms with E-state index in [1.54, 1.807) is 0 Å². The molecule has 7 heteroatoms. The van der Waals surface area contributed by atoms with Crippen molar-refractivity contribution in [2.24, 2.45) is 18.7 Å². The molecule has 0 aromatic carbocycles. The topological polar surface area (TPSA) is 64.2 Å². The Kier molecular flexibility index (Phi) is 4.60. The highest BCUT2D eigenvalue weighted by molar-refractivity contribution is 7.20. The van der Waals surface area contributed by atoms with Crippen molar-refractivity contribution >= 4 is 39.9 Å². The molecular formula is C14H21ClN4OS. The molecular weight excluding hydrogens is 308 g/mol. The van der Waals surface area contributed by atoms with Gasteiger partial charge in [-0.05, 0) is 38.8 Å². The Morgan fingerprint density at radius 3 is 2.86 bits per heavy atom. The monoisotopic (exact) mass is 328 g/mol. The Morgan fingerprint density at radius 2 is 2.29 bits per heavy atom. The van der Waals surface area contributed by atoms with Crippen molar-refractivity contribution in [1.82, 2.24) is 14.7 Å². The summed E-state index contributed by atoms with van der Waals surface area (Å²) in [6.07, 6.45) is 1.01. The molecule has 1 saturated heterocycles. The molecule has 0 radical (unpaired) electrons. The lowest BCUT2D eigenvalue weighted by Gasteiger charge is -2.20. The molecule has 1 amide bonds. The van der Waals surface area contributed by atoms with E-state index >= 15 is 0 Å². The predicted molar refractivity (Wildman–Crippen MR) is 88.2 cm³/mol. The molecule has 1 fully saturated rings. The second-order valence-electron chi connectivity index (χ2n) is 5.68. The Balaban J connectivity index is 0.00000161. The van der Waals surface area contributed by atoms with Crippen molar-refractivity contribution in [2.75, 3.05) is 13.1 Å². The number of carbonyl (C=O) groups is 1. The first-order chi connectivity index (χ1) is 9.51. The number of hydrogen-bond acceptors (Lipinski definition) is 4. The molecule has 0 saturated carbocycles. The van der Waals surface area contributed by atoms with E-state index in [0.717, 1.165) is 33.8 Å². The second kappa shape index (κ2) is 5.94. The van der Waals surface area contributed by atoms with E-state index in [0.29, 0.717) is 12.5 Å². The lowest BCUT2D eigenvalue weighted by molar-refractivity contribution is 0.0748. The molecule has 2 aromatic heterocycles. The predicted octanol–water partition coefficient (Wildman–Crippen LogP) is 2.17. The fourth-order valence-electron chi connectivity index (χ4n) is 3.05. The Morgan fingerprint density at radius 1 is 1.57 bits per heavy atom. The third kappa shape index (κ3) is 2.67. The third-order valence-electron chi connectivity index (χ3n) is 4.16. The zero-order chi connectivity index (χ0) is 14.4. The van der Waals surface area contributed by atoms with Gasteiger partial charge in [0.25, 0.3) is 5.91 Å². The first-order valence-corrected chi connectivity index (χ1v) is 7.77. The first-order valence-electron chi connectivity index (χ1n) is 6.95. The zero-order valence-electron chi connectivity index (χ0n) is 12.5. The van der Waals surface area contributed by atoms with Gasteiger partial charge in [0.1, 0.15) is 4.83 Å². The molecule has 1 aliphatic rings. The van der Waals surface area contributed by atoms with Crippen LogP contribution in [0.2, 0.25) is 0 Å². The summed E-state index contributed by atoms with van der Waals surface area (Å²) in [7, 11) is 1.92. The highest BCUT2D eigenvalue weighted by Gasteiger charge is 2.33. The number of nitrogens with zero attached hydrogens (tertiary/aromatic N) is 3. The molecule has 5 nitrogen and oxygen atoms in total. The molecule has 2 aromatic rings. The van der Waals surface area contributed by atoms with Gasteiger partial charge >= 0.3 is 0 Å². The van der Waals surface area contributed by atoms with Crippen LogP contribution in [0.5, 0.6) is 0 Å². The maximum absolute atomic E-state index is 12.7. The Labute approximate surface area is 134 Å². The molecule has 3 rings (SSSR count). The smallest absolute Gasteiger partial charge is 0.264 e. The van der Waals surface area contributed by atoms with Crippen LogP contribution in [-0.2, 0) is 7.05 Å². The van der Waals surface area contributed by atoms with Crippen molar-refractivity contribution in [3.8, 4) is 0 Å². The average Bonchev–Trinajstić information content (AvgIpc) is 3.06. The van der Waals surface area contributed by atoms with Gasteiger partial charge in [0.2, 0.25) is 0 Å². The normalized spacial score (nSPS) is 21.8. The zero-order valence-corrected chi connectivity index (χ0v) is 14.1. The van der Waals surface area contributed by atoms with Crippen LogP contribution in [0.4, 0.5) is 0 Å². The van der Waals surface area contributed by atoms with Gasteiger partial charge in [-0.15, -0.1) is 23.7 Å². The largest absolute Gasteiger partial charge is 0.335 e. The number of fused-ring (bicyclic) bond motifs is 1. The van der Waals surface area contributed by atoms with Crippen LogP contribution in [0.15, 0.2) is 6.07 Å². The van der Waals surface area contributed by atoms with Gasteiger partial charge < -0.3 is 10.6 Å². The quantitative estimate of drug-likeness (QED) is 0.919. The fourth-order valence-corrected chi connectivity index (χ4v) is 4.13. The van der Waals surface area contributed by atoms with Gasteiger partial charge in [0.05, 0.1) is 10.6 Å². The summed E-state index contributed by atoms with van der Waals surface area (Å²) in [6, 6.07) is 2.26. The number of carbonyl (C=O) groups excluding carboxylic acids is 1. The Hall–Kier alpha value is -1.11. The molecule has 2 N–H and O–H groups in total. The number of thiophene rings is 1. The highest BCUT2D eigenvalue weighted by Crippen LogP contribution is 2.31. The van der Waals surface area contributed by atoms with E-state index in [9.17, 15) is 4.79 Å². The number of halogens is 1. The molecule has 21 heavy (non-hydrogen) atoms. The lowest BCUT2D eigenvalue weighted by Crippen LogP contribution is -2.33. The van der Waals surface area contributed by atoms with Crippen LogP contribution >= 0.6 is 23.7 Å². The number of amides is 1. The number of aromatic nitrogens is 2. The van der Waals surface area contributed by atoms with Crippen LogP contribution in [0.3, 0.4) is 0 Å². The van der Waals surface area contributed by atoms with Gasteiger partial charge in [-0.1, -0.05) is 0 Å². The van der Waals surface area contributed by atoms with Crippen LogP contribution in [0, 0.1) is 12.8 Å². The van der Waals surface area contributed by atoms with Crippen molar-refractivity contribution < 1.29 is 4.79 Å². The summed E-state index contributed by atoms with van der Waals surface area (Å²) in [4.78, 5) is 16.5. The molecule has 2 unspecified atom stereocenters. The van der Waals surface area contributed by atoms with Crippen molar-refractivity contribution in [1.29, 1.82) is 0 Å². The van der Waals surface area contributed by atoms with E-state index in [4.69, 9.17) is 5.73 Å². The number of rotatable bonds is 2. The maximum Gasteiger partial charge on any atom is 0.264 e. The third-order valence-corrected chi connectivity index (χ3v) is 5.35. The van der Waals surface area contributed by atoms with E-state index in [-0.39, 0.29) is 24.4 Å². The van der Waals surface area contributed by atoms with Gasteiger partial charge in [-0.25, -0.2) is 0 Å². The van der Waals surface area contributed by atoms with E-state index in [2.05, 4.69) is 12.0 Å². The second-order valence-corrected chi connectivity index (χ2v) is 6.71. The van der Waals surface area contributed by atoms with Gasteiger partial charge in [0.15, 0.2) is 0 Å². The van der Waals surface area contributed by atoms with Crippen LogP contribution < -0.4 is 5.73 Å². The summed E-state index contributed by atoms with van der Waals surface area (Å²) in [5.41, 5.74) is 6.71. The summed E-state index contributed by atoms with van der Waals surface area (Å²) >= 11 is 1.53. The van der Waals surface area contributed by atoms with Gasteiger partial charge in [-0.2, -0.15) is 5.10 Å². The fraction of sp³-hybridized carbons (Fsp3) is 0.571. The Bertz CT molecular complexity index is 631. The number of hydrogen-bond donors (Lipinski definition) is 1. The van der Waals surface area contributed by atoms with Gasteiger partial charge in [-0.3, -0.25) is 9.48 Å². The van der Waals surface area contributed by atoms with Gasteiger partial charge in [0, 0.05) is 25.0 Å². The van der Waals surface area contributed by atoms with Crippen molar-refractivity contribution in [3.63, 3.8) is 0 Å². The minimum Gasteiger partial charge on any atom is -0.335 e. The molecule has 116 valence electrons. The molecule has 0 bridgehead atoms. The minimum atomic E-state index is 0. The number of likely N-dealkylation sites (tertiary alicyclic amines) is 1. The highest BCUT2D eigenvalue weighted by atomic mass is 35.5. The summed E-state index contributed by atoms with van der Waals surface area (Å²) in [5, 5.41) is 5.46. The molecule has 1 aliphatic heterocycles. The lowest BCUT2D eigenvalue weighted by atomic mass is 10.1. The minimum absolute atomic E-state index is 0. The summed E-state index contributed by atoms with van der Waals surface area (Å²) in [6.45, 7) is 5.52. The SMILES string of the molecule is Cc1nn(C)c2sc(C(=O)N3CC(CN)CC3C)cc12.Cl. The van der Waals surface area contributed by atoms with E-state index in [1.165, 1.54) is 11.3 Å². The van der Waals surface area contributed by atoms with Crippen LogP contribution in [-0.4, -0.2) is 39.7 Å².